The lowest BCUT2D eigenvalue weighted by molar-refractivity contribution is -0.144. The summed E-state index contributed by atoms with van der Waals surface area (Å²) >= 11 is 0. The largest absolute Gasteiger partial charge is 0.480 e. The summed E-state index contributed by atoms with van der Waals surface area (Å²) in [7, 11) is 1.75. The maximum atomic E-state index is 12.2. The summed E-state index contributed by atoms with van der Waals surface area (Å²) in [5.41, 5.74) is -1.13. The molecule has 0 radical (unpaired) electrons. The molecular weight excluding hydrogens is 246 g/mol. The van der Waals surface area contributed by atoms with Crippen LogP contribution in [0.3, 0.4) is 0 Å². The predicted molar refractivity (Wildman–Crippen MR) is 71.0 cm³/mol. The molecule has 1 heterocycles. The van der Waals surface area contributed by atoms with Gasteiger partial charge in [-0.2, -0.15) is 0 Å². The van der Waals surface area contributed by atoms with Crippen LogP contribution in [0.15, 0.2) is 0 Å². The highest BCUT2D eigenvalue weighted by Crippen LogP contribution is 2.39. The summed E-state index contributed by atoms with van der Waals surface area (Å²) < 4.78 is 0. The third-order valence-electron chi connectivity index (χ3n) is 4.38. The van der Waals surface area contributed by atoms with Gasteiger partial charge in [-0.15, -0.1) is 0 Å². The highest BCUT2D eigenvalue weighted by molar-refractivity contribution is 5.86. The SMILES string of the molecule is CN(C(=O)NC(C)(C(=O)O)C1CC1)C1CCNCC1. The number of piperidine rings is 1. The number of amides is 2. The first kappa shape index (κ1) is 14.1. The Balaban J connectivity index is 1.96. The van der Waals surface area contributed by atoms with Crippen molar-refractivity contribution in [1.29, 1.82) is 0 Å². The van der Waals surface area contributed by atoms with Gasteiger partial charge in [0.25, 0.3) is 0 Å². The average Bonchev–Trinajstić information content (AvgIpc) is 3.23. The standard InChI is InChI=1S/C13H23N3O3/c1-13(11(17)18,9-3-4-9)15-12(19)16(2)10-5-7-14-8-6-10/h9-10,14H,3-8H2,1-2H3,(H,15,19)(H,17,18). The molecule has 2 rings (SSSR count). The Labute approximate surface area is 113 Å². The van der Waals surface area contributed by atoms with Crippen molar-refractivity contribution in [2.24, 2.45) is 5.92 Å². The van der Waals surface area contributed by atoms with E-state index in [2.05, 4.69) is 10.6 Å². The number of carbonyl (C=O) groups excluding carboxylic acids is 1. The quantitative estimate of drug-likeness (QED) is 0.699. The molecule has 6 nitrogen and oxygen atoms in total. The van der Waals surface area contributed by atoms with E-state index in [1.807, 2.05) is 0 Å². The van der Waals surface area contributed by atoms with E-state index in [1.165, 1.54) is 0 Å². The van der Waals surface area contributed by atoms with Gasteiger partial charge in [-0.3, -0.25) is 0 Å². The first-order chi connectivity index (χ1) is 8.95. The molecule has 2 amide bonds. The van der Waals surface area contributed by atoms with Crippen LogP contribution in [0.2, 0.25) is 0 Å². The van der Waals surface area contributed by atoms with Crippen LogP contribution in [0.5, 0.6) is 0 Å². The fourth-order valence-electron chi connectivity index (χ4n) is 2.66. The van der Waals surface area contributed by atoms with Gasteiger partial charge < -0.3 is 20.6 Å². The first-order valence-corrected chi connectivity index (χ1v) is 6.94. The third-order valence-corrected chi connectivity index (χ3v) is 4.38. The fraction of sp³-hybridized carbons (Fsp3) is 0.846. The molecule has 1 saturated heterocycles. The number of aliphatic carboxylic acids is 1. The molecule has 1 aliphatic carbocycles. The van der Waals surface area contributed by atoms with E-state index >= 15 is 0 Å². The molecule has 6 heteroatoms. The second-order valence-corrected chi connectivity index (χ2v) is 5.80. The van der Waals surface area contributed by atoms with Crippen LogP contribution in [0.4, 0.5) is 4.79 Å². The lowest BCUT2D eigenvalue weighted by Crippen LogP contribution is -2.59. The Morgan fingerprint density at radius 3 is 2.32 bits per heavy atom. The van der Waals surface area contributed by atoms with Crippen LogP contribution < -0.4 is 10.6 Å². The summed E-state index contributed by atoms with van der Waals surface area (Å²) in [6.45, 7) is 3.42. The molecule has 1 unspecified atom stereocenters. The van der Waals surface area contributed by atoms with Crippen LogP contribution in [-0.4, -0.2) is 53.7 Å². The third kappa shape index (κ3) is 3.00. The van der Waals surface area contributed by atoms with Gasteiger partial charge in [0.05, 0.1) is 0 Å². The molecule has 0 aromatic carbocycles. The van der Waals surface area contributed by atoms with Crippen molar-refractivity contribution < 1.29 is 14.7 Å². The van der Waals surface area contributed by atoms with Crippen molar-refractivity contribution in [3.8, 4) is 0 Å². The maximum absolute atomic E-state index is 12.2. The zero-order valence-electron chi connectivity index (χ0n) is 11.6. The summed E-state index contributed by atoms with van der Waals surface area (Å²) in [5.74, 6) is -0.877. The van der Waals surface area contributed by atoms with Gasteiger partial charge in [-0.1, -0.05) is 0 Å². The first-order valence-electron chi connectivity index (χ1n) is 6.94. The van der Waals surface area contributed by atoms with E-state index in [-0.39, 0.29) is 18.0 Å². The normalized spacial score (nSPS) is 23.5. The van der Waals surface area contributed by atoms with E-state index in [4.69, 9.17) is 0 Å². The minimum absolute atomic E-state index is 0.0652. The molecule has 2 fully saturated rings. The van der Waals surface area contributed by atoms with Gasteiger partial charge in [0.2, 0.25) is 0 Å². The summed E-state index contributed by atoms with van der Waals surface area (Å²) in [4.78, 5) is 25.3. The van der Waals surface area contributed by atoms with Crippen molar-refractivity contribution in [2.75, 3.05) is 20.1 Å². The Kier molecular flexibility index (Phi) is 3.99. The number of urea groups is 1. The van der Waals surface area contributed by atoms with Crippen LogP contribution in [0.25, 0.3) is 0 Å². The van der Waals surface area contributed by atoms with Gasteiger partial charge in [-0.25, -0.2) is 9.59 Å². The minimum atomic E-state index is -1.13. The zero-order chi connectivity index (χ0) is 14.0. The van der Waals surface area contributed by atoms with Gasteiger partial charge in [0.1, 0.15) is 5.54 Å². The number of nitrogens with zero attached hydrogens (tertiary/aromatic N) is 1. The van der Waals surface area contributed by atoms with E-state index in [1.54, 1.807) is 18.9 Å². The van der Waals surface area contributed by atoms with E-state index < -0.39 is 11.5 Å². The Morgan fingerprint density at radius 1 is 1.26 bits per heavy atom. The smallest absolute Gasteiger partial charge is 0.329 e. The summed E-state index contributed by atoms with van der Waals surface area (Å²) in [6.07, 6.45) is 3.58. The number of hydrogen-bond acceptors (Lipinski definition) is 3. The van der Waals surface area contributed by atoms with Gasteiger partial charge in [-0.05, 0) is 51.6 Å². The summed E-state index contributed by atoms with van der Waals surface area (Å²) in [6, 6.07) is -0.0813. The second-order valence-electron chi connectivity index (χ2n) is 5.80. The number of rotatable bonds is 4. The number of carbonyl (C=O) groups is 2. The molecule has 1 atom stereocenters. The second kappa shape index (κ2) is 5.36. The fourth-order valence-corrected chi connectivity index (χ4v) is 2.66. The molecule has 2 aliphatic rings. The molecule has 0 aromatic rings. The monoisotopic (exact) mass is 269 g/mol. The van der Waals surface area contributed by atoms with Crippen LogP contribution >= 0.6 is 0 Å². The van der Waals surface area contributed by atoms with Crippen molar-refractivity contribution in [2.45, 2.75) is 44.2 Å². The van der Waals surface area contributed by atoms with Crippen molar-refractivity contribution in [1.82, 2.24) is 15.5 Å². The van der Waals surface area contributed by atoms with Gasteiger partial charge in [0, 0.05) is 13.1 Å². The lowest BCUT2D eigenvalue weighted by atomic mass is 9.96. The van der Waals surface area contributed by atoms with E-state index in [9.17, 15) is 14.7 Å². The van der Waals surface area contributed by atoms with E-state index in [0.717, 1.165) is 38.8 Å². The van der Waals surface area contributed by atoms with Crippen LogP contribution in [0, 0.1) is 5.92 Å². The number of carboxylic acid groups (broad SMARTS) is 1. The Bertz CT molecular complexity index is 364. The van der Waals surface area contributed by atoms with E-state index in [0.29, 0.717) is 0 Å². The lowest BCUT2D eigenvalue weighted by Gasteiger charge is -2.35. The zero-order valence-corrected chi connectivity index (χ0v) is 11.6. The molecule has 3 N–H and O–H groups in total. The number of nitrogens with one attached hydrogen (secondary N) is 2. The Hall–Kier alpha value is -1.30. The summed E-state index contributed by atoms with van der Waals surface area (Å²) in [5, 5.41) is 15.3. The highest BCUT2D eigenvalue weighted by atomic mass is 16.4. The number of hydrogen-bond donors (Lipinski definition) is 3. The average molecular weight is 269 g/mol. The van der Waals surface area contributed by atoms with Crippen LogP contribution in [-0.2, 0) is 4.79 Å². The molecular formula is C13H23N3O3. The highest BCUT2D eigenvalue weighted by Gasteiger charge is 2.49. The number of carboxylic acids is 1. The molecule has 108 valence electrons. The topological polar surface area (TPSA) is 81.7 Å². The van der Waals surface area contributed by atoms with Crippen molar-refractivity contribution in [3.05, 3.63) is 0 Å². The van der Waals surface area contributed by atoms with Crippen molar-refractivity contribution in [3.63, 3.8) is 0 Å². The van der Waals surface area contributed by atoms with Gasteiger partial charge in [0.15, 0.2) is 0 Å². The minimum Gasteiger partial charge on any atom is -0.480 e. The van der Waals surface area contributed by atoms with Crippen LogP contribution in [0.1, 0.15) is 32.6 Å². The maximum Gasteiger partial charge on any atom is 0.329 e. The molecule has 0 aromatic heterocycles. The molecule has 0 bridgehead atoms. The van der Waals surface area contributed by atoms with Gasteiger partial charge >= 0.3 is 12.0 Å². The molecule has 19 heavy (non-hydrogen) atoms. The molecule has 1 saturated carbocycles. The van der Waals surface area contributed by atoms with Crippen molar-refractivity contribution >= 4 is 12.0 Å². The predicted octanol–water partition coefficient (Wildman–Crippen LogP) is 0.633. The Morgan fingerprint density at radius 2 is 1.84 bits per heavy atom. The molecule has 1 aliphatic heterocycles. The molecule has 0 spiro atoms.